The first-order chi connectivity index (χ1) is 9.52. The molecule has 0 aliphatic heterocycles. The molecule has 112 valence electrons. The molecule has 1 saturated carbocycles. The molecule has 0 bridgehead atoms. The van der Waals surface area contributed by atoms with Crippen LogP contribution in [0.5, 0.6) is 0 Å². The Morgan fingerprint density at radius 1 is 1.35 bits per heavy atom. The Balaban J connectivity index is 2.02. The third kappa shape index (κ3) is 2.77. The summed E-state index contributed by atoms with van der Waals surface area (Å²) >= 11 is 0. The molecule has 2 heteroatoms. The first kappa shape index (κ1) is 15.5. The fourth-order valence-corrected chi connectivity index (χ4v) is 3.47. The van der Waals surface area contributed by atoms with E-state index in [2.05, 4.69) is 64.2 Å². The minimum atomic E-state index is 0.271. The molecule has 0 amide bonds. The summed E-state index contributed by atoms with van der Waals surface area (Å²) in [6.45, 7) is 12.0. The van der Waals surface area contributed by atoms with Crippen molar-refractivity contribution >= 4 is 0 Å². The average Bonchev–Trinajstić information content (AvgIpc) is 2.45. The zero-order chi connectivity index (χ0) is 14.8. The number of benzene rings is 1. The van der Waals surface area contributed by atoms with Crippen LogP contribution in [0.3, 0.4) is 0 Å². The highest BCUT2D eigenvalue weighted by Crippen LogP contribution is 2.46. The molecule has 4 atom stereocenters. The molecule has 0 saturated heterocycles. The maximum absolute atomic E-state index is 5.89. The van der Waals surface area contributed by atoms with Gasteiger partial charge in [0.1, 0.15) is 0 Å². The van der Waals surface area contributed by atoms with E-state index in [4.69, 9.17) is 4.74 Å². The van der Waals surface area contributed by atoms with Gasteiger partial charge >= 0.3 is 0 Å². The molecule has 0 aromatic heterocycles. The topological polar surface area (TPSA) is 21.3 Å². The molecule has 0 radical (unpaired) electrons. The van der Waals surface area contributed by atoms with Crippen LogP contribution in [-0.2, 0) is 4.74 Å². The van der Waals surface area contributed by atoms with Crippen LogP contribution in [0.4, 0.5) is 0 Å². The molecule has 1 aliphatic carbocycles. The van der Waals surface area contributed by atoms with Crippen molar-refractivity contribution in [3.05, 3.63) is 35.4 Å². The van der Waals surface area contributed by atoms with Crippen molar-refractivity contribution in [2.24, 2.45) is 5.41 Å². The van der Waals surface area contributed by atoms with Gasteiger partial charge in [0.2, 0.25) is 0 Å². The predicted octanol–water partition coefficient (Wildman–Crippen LogP) is 4.24. The van der Waals surface area contributed by atoms with Gasteiger partial charge in [-0.2, -0.15) is 0 Å². The first-order valence-electron chi connectivity index (χ1n) is 7.96. The van der Waals surface area contributed by atoms with Crippen LogP contribution >= 0.6 is 0 Å². The Morgan fingerprint density at radius 3 is 2.65 bits per heavy atom. The lowest BCUT2D eigenvalue weighted by Gasteiger charge is -2.54. The number of rotatable bonds is 6. The molecule has 20 heavy (non-hydrogen) atoms. The minimum absolute atomic E-state index is 0.271. The van der Waals surface area contributed by atoms with E-state index in [0.717, 1.165) is 19.4 Å². The summed E-state index contributed by atoms with van der Waals surface area (Å²) < 4.78 is 5.89. The number of nitrogens with one attached hydrogen (secondary N) is 1. The van der Waals surface area contributed by atoms with Gasteiger partial charge in [-0.3, -0.25) is 0 Å². The number of ether oxygens (including phenoxy) is 1. The van der Waals surface area contributed by atoms with Crippen LogP contribution in [-0.4, -0.2) is 18.8 Å². The van der Waals surface area contributed by atoms with E-state index in [1.54, 1.807) is 0 Å². The summed E-state index contributed by atoms with van der Waals surface area (Å²) in [5.41, 5.74) is 3.05. The minimum Gasteiger partial charge on any atom is -0.378 e. The Labute approximate surface area is 123 Å². The van der Waals surface area contributed by atoms with Gasteiger partial charge in [0.25, 0.3) is 0 Å². The van der Waals surface area contributed by atoms with Gasteiger partial charge in [0.15, 0.2) is 0 Å². The Hall–Kier alpha value is -0.860. The second-order valence-corrected chi connectivity index (χ2v) is 6.34. The van der Waals surface area contributed by atoms with Crippen LogP contribution in [0.25, 0.3) is 0 Å². The molecule has 0 spiro atoms. The van der Waals surface area contributed by atoms with Crippen molar-refractivity contribution in [1.82, 2.24) is 5.32 Å². The quantitative estimate of drug-likeness (QED) is 0.838. The van der Waals surface area contributed by atoms with Gasteiger partial charge in [-0.25, -0.2) is 0 Å². The summed E-state index contributed by atoms with van der Waals surface area (Å²) in [5, 5.41) is 3.82. The zero-order valence-corrected chi connectivity index (χ0v) is 13.6. The third-order valence-corrected chi connectivity index (χ3v) is 5.22. The lowest BCUT2D eigenvalue weighted by Crippen LogP contribution is -2.62. The molecular formula is C18H29NO. The summed E-state index contributed by atoms with van der Waals surface area (Å²) in [7, 11) is 0. The fourth-order valence-electron chi connectivity index (χ4n) is 3.47. The molecule has 1 aliphatic rings. The predicted molar refractivity (Wildman–Crippen MR) is 84.9 cm³/mol. The second kappa shape index (κ2) is 6.28. The molecule has 0 heterocycles. The van der Waals surface area contributed by atoms with E-state index in [1.165, 1.54) is 11.1 Å². The maximum atomic E-state index is 5.89. The number of hydrogen-bond acceptors (Lipinski definition) is 2. The maximum Gasteiger partial charge on any atom is 0.0658 e. The van der Waals surface area contributed by atoms with E-state index >= 15 is 0 Å². The summed E-state index contributed by atoms with van der Waals surface area (Å²) in [5.74, 6) is 0. The highest BCUT2D eigenvalue weighted by molar-refractivity contribution is 5.28. The second-order valence-electron chi connectivity index (χ2n) is 6.34. The highest BCUT2D eigenvalue weighted by Gasteiger charge is 2.51. The van der Waals surface area contributed by atoms with Crippen LogP contribution < -0.4 is 5.32 Å². The SMILES string of the molecule is CCOC1CC(NC(C)c2ccccc2C)C1(C)CC. The van der Waals surface area contributed by atoms with Crippen molar-refractivity contribution in [1.29, 1.82) is 0 Å². The standard InChI is InChI=1S/C18H29NO/c1-6-18(5)16(12-17(18)20-7-2)19-14(4)15-11-9-8-10-13(15)3/h8-11,14,16-17,19H,6-7,12H2,1-5H3. The molecule has 1 aromatic carbocycles. The normalized spacial score (nSPS) is 30.9. The fraction of sp³-hybridized carbons (Fsp3) is 0.667. The van der Waals surface area contributed by atoms with Gasteiger partial charge in [-0.15, -0.1) is 0 Å². The van der Waals surface area contributed by atoms with E-state index in [0.29, 0.717) is 18.2 Å². The van der Waals surface area contributed by atoms with Crippen LogP contribution in [0, 0.1) is 12.3 Å². The van der Waals surface area contributed by atoms with Crippen molar-refractivity contribution in [2.75, 3.05) is 6.61 Å². The lowest BCUT2D eigenvalue weighted by atomic mass is 9.61. The number of aryl methyl sites for hydroxylation is 1. The molecule has 1 aromatic rings. The van der Waals surface area contributed by atoms with Gasteiger partial charge in [0, 0.05) is 24.1 Å². The van der Waals surface area contributed by atoms with Gasteiger partial charge in [0.05, 0.1) is 6.10 Å². The Morgan fingerprint density at radius 2 is 2.05 bits per heavy atom. The molecule has 2 nitrogen and oxygen atoms in total. The number of hydrogen-bond donors (Lipinski definition) is 1. The van der Waals surface area contributed by atoms with Gasteiger partial charge in [-0.1, -0.05) is 38.1 Å². The molecule has 4 unspecified atom stereocenters. The Kier molecular flexibility index (Phi) is 4.87. The average molecular weight is 275 g/mol. The summed E-state index contributed by atoms with van der Waals surface area (Å²) in [6.07, 6.45) is 2.71. The summed E-state index contributed by atoms with van der Waals surface area (Å²) in [4.78, 5) is 0. The van der Waals surface area contributed by atoms with Crippen molar-refractivity contribution in [3.63, 3.8) is 0 Å². The molecular weight excluding hydrogens is 246 g/mol. The van der Waals surface area contributed by atoms with E-state index in [9.17, 15) is 0 Å². The molecule has 1 N–H and O–H groups in total. The lowest BCUT2D eigenvalue weighted by molar-refractivity contribution is -0.127. The van der Waals surface area contributed by atoms with Crippen molar-refractivity contribution in [3.8, 4) is 0 Å². The van der Waals surface area contributed by atoms with E-state index < -0.39 is 0 Å². The zero-order valence-electron chi connectivity index (χ0n) is 13.6. The molecule has 1 fully saturated rings. The van der Waals surface area contributed by atoms with Crippen LogP contribution in [0.1, 0.15) is 57.7 Å². The van der Waals surface area contributed by atoms with Gasteiger partial charge in [-0.05, 0) is 44.7 Å². The van der Waals surface area contributed by atoms with E-state index in [1.807, 2.05) is 0 Å². The van der Waals surface area contributed by atoms with Crippen LogP contribution in [0.2, 0.25) is 0 Å². The largest absolute Gasteiger partial charge is 0.378 e. The van der Waals surface area contributed by atoms with Crippen molar-refractivity contribution < 1.29 is 4.74 Å². The first-order valence-corrected chi connectivity index (χ1v) is 7.96. The highest BCUT2D eigenvalue weighted by atomic mass is 16.5. The monoisotopic (exact) mass is 275 g/mol. The van der Waals surface area contributed by atoms with Crippen LogP contribution in [0.15, 0.2) is 24.3 Å². The summed E-state index contributed by atoms with van der Waals surface area (Å²) in [6, 6.07) is 9.61. The third-order valence-electron chi connectivity index (χ3n) is 5.22. The molecule has 2 rings (SSSR count). The smallest absolute Gasteiger partial charge is 0.0658 e. The Bertz CT molecular complexity index is 445. The van der Waals surface area contributed by atoms with E-state index in [-0.39, 0.29) is 5.41 Å². The van der Waals surface area contributed by atoms with Gasteiger partial charge < -0.3 is 10.1 Å². The van der Waals surface area contributed by atoms with Crippen molar-refractivity contribution in [2.45, 2.75) is 65.6 Å².